The Bertz CT molecular complexity index is 1110. The van der Waals surface area contributed by atoms with Gasteiger partial charge in [-0.25, -0.2) is 8.42 Å². The topological polar surface area (TPSA) is 66.9 Å². The number of amides is 1. The van der Waals surface area contributed by atoms with E-state index in [1.165, 1.54) is 35.7 Å². The van der Waals surface area contributed by atoms with Crippen LogP contribution in [0.15, 0.2) is 53.4 Å². The first-order chi connectivity index (χ1) is 15.6. The summed E-state index contributed by atoms with van der Waals surface area (Å²) in [5, 5.41) is 0. The van der Waals surface area contributed by atoms with Gasteiger partial charge in [0.15, 0.2) is 0 Å². The lowest BCUT2D eigenvalue weighted by molar-refractivity contribution is -0.137. The van der Waals surface area contributed by atoms with E-state index < -0.39 is 26.6 Å². The van der Waals surface area contributed by atoms with Crippen LogP contribution in [0.3, 0.4) is 0 Å². The summed E-state index contributed by atoms with van der Waals surface area (Å²) in [7, 11) is -2.18. The van der Waals surface area contributed by atoms with Crippen LogP contribution in [0.1, 0.15) is 28.8 Å². The molecule has 0 aromatic heterocycles. The number of ether oxygens (including phenoxy) is 1. The van der Waals surface area contributed by atoms with E-state index in [0.717, 1.165) is 12.1 Å². The molecule has 2 heterocycles. The van der Waals surface area contributed by atoms with E-state index in [1.54, 1.807) is 28.8 Å². The summed E-state index contributed by atoms with van der Waals surface area (Å²) in [6.07, 6.45) is -3.58. The molecule has 2 aliphatic heterocycles. The van der Waals surface area contributed by atoms with Crippen molar-refractivity contribution in [1.29, 1.82) is 0 Å². The molecular formula is C22H23F3N2O4S2. The predicted molar refractivity (Wildman–Crippen MR) is 119 cm³/mol. The van der Waals surface area contributed by atoms with Crippen molar-refractivity contribution < 1.29 is 31.1 Å². The van der Waals surface area contributed by atoms with Crippen LogP contribution in [-0.4, -0.2) is 60.9 Å². The van der Waals surface area contributed by atoms with Crippen molar-refractivity contribution in [2.45, 2.75) is 28.8 Å². The number of piperidine rings is 1. The number of nitrogens with zero attached hydrogens (tertiary/aromatic N) is 2. The van der Waals surface area contributed by atoms with Gasteiger partial charge in [0.2, 0.25) is 10.0 Å². The van der Waals surface area contributed by atoms with Crippen molar-refractivity contribution in [2.75, 3.05) is 32.5 Å². The Hall–Kier alpha value is -2.24. The van der Waals surface area contributed by atoms with Crippen LogP contribution in [0.25, 0.3) is 0 Å². The summed E-state index contributed by atoms with van der Waals surface area (Å²) in [6, 6.07) is 10.4. The van der Waals surface area contributed by atoms with E-state index in [2.05, 4.69) is 0 Å². The van der Waals surface area contributed by atoms with Crippen molar-refractivity contribution in [2.24, 2.45) is 0 Å². The molecule has 33 heavy (non-hydrogen) atoms. The van der Waals surface area contributed by atoms with E-state index in [9.17, 15) is 26.4 Å². The Kier molecular flexibility index (Phi) is 6.41. The molecule has 2 saturated heterocycles. The summed E-state index contributed by atoms with van der Waals surface area (Å²) < 4.78 is 71.1. The lowest BCUT2D eigenvalue weighted by Gasteiger charge is -2.43. The van der Waals surface area contributed by atoms with Crippen molar-refractivity contribution in [3.05, 3.63) is 59.7 Å². The zero-order chi connectivity index (χ0) is 23.9. The minimum Gasteiger partial charge on any atom is -0.497 e. The normalized spacial score (nSPS) is 19.1. The van der Waals surface area contributed by atoms with Crippen LogP contribution >= 0.6 is 11.8 Å². The molecule has 0 unspecified atom stereocenters. The molecule has 0 saturated carbocycles. The third-order valence-electron chi connectivity index (χ3n) is 6.08. The Labute approximate surface area is 194 Å². The van der Waals surface area contributed by atoms with Crippen molar-refractivity contribution in [3.8, 4) is 5.75 Å². The second-order valence-corrected chi connectivity index (χ2v) is 11.3. The number of carbonyl (C=O) groups is 1. The monoisotopic (exact) mass is 500 g/mol. The molecule has 0 atom stereocenters. The maximum Gasteiger partial charge on any atom is 0.416 e. The van der Waals surface area contributed by atoms with E-state index >= 15 is 0 Å². The highest BCUT2D eigenvalue weighted by molar-refractivity contribution is 8.00. The number of thioether (sulfide) groups is 1. The molecule has 178 valence electrons. The first-order valence-corrected chi connectivity index (χ1v) is 12.8. The van der Waals surface area contributed by atoms with Crippen LogP contribution in [-0.2, 0) is 16.2 Å². The number of hydrogen-bond donors (Lipinski definition) is 0. The van der Waals surface area contributed by atoms with Crippen LogP contribution in [0.4, 0.5) is 13.2 Å². The van der Waals surface area contributed by atoms with E-state index in [1.807, 2.05) is 0 Å². The van der Waals surface area contributed by atoms with Gasteiger partial charge in [-0.15, -0.1) is 11.8 Å². The Morgan fingerprint density at radius 3 is 2.15 bits per heavy atom. The maximum atomic E-state index is 13.1. The van der Waals surface area contributed by atoms with Gasteiger partial charge >= 0.3 is 6.18 Å². The number of hydrogen-bond acceptors (Lipinski definition) is 5. The Morgan fingerprint density at radius 1 is 1.00 bits per heavy atom. The molecule has 11 heteroatoms. The second kappa shape index (κ2) is 8.84. The molecule has 6 nitrogen and oxygen atoms in total. The lowest BCUT2D eigenvalue weighted by Crippen LogP contribution is -2.53. The molecule has 0 radical (unpaired) electrons. The highest BCUT2D eigenvalue weighted by Crippen LogP contribution is 2.45. The molecule has 1 amide bonds. The smallest absolute Gasteiger partial charge is 0.416 e. The van der Waals surface area contributed by atoms with Gasteiger partial charge in [-0.05, 0) is 61.4 Å². The minimum atomic E-state index is -4.46. The number of rotatable bonds is 4. The molecule has 0 aliphatic carbocycles. The fourth-order valence-corrected chi connectivity index (χ4v) is 7.14. The molecule has 2 fully saturated rings. The van der Waals surface area contributed by atoms with E-state index in [4.69, 9.17) is 4.74 Å². The molecule has 0 N–H and O–H groups in total. The van der Waals surface area contributed by atoms with Crippen molar-refractivity contribution >= 4 is 27.7 Å². The lowest BCUT2D eigenvalue weighted by atomic mass is 10.0. The molecular weight excluding hydrogens is 477 g/mol. The molecule has 1 spiro atoms. The standard InChI is InChI=1S/C22H23F3N2O4S2/c1-31-18-6-8-19(9-7-18)33(29,30)26-12-10-21(11-13-26)27(14-15-32-21)20(28)16-2-4-17(5-3-16)22(23,24)25/h2-9H,10-15H2,1H3. The summed E-state index contributed by atoms with van der Waals surface area (Å²) >= 11 is 1.60. The van der Waals surface area contributed by atoms with Gasteiger partial charge in [-0.1, -0.05) is 0 Å². The first kappa shape index (κ1) is 23.9. The van der Waals surface area contributed by atoms with Gasteiger partial charge in [0.25, 0.3) is 5.91 Å². The number of benzene rings is 2. The van der Waals surface area contributed by atoms with Crippen LogP contribution in [0, 0.1) is 0 Å². The summed E-state index contributed by atoms with van der Waals surface area (Å²) in [4.78, 5) is 14.4. The van der Waals surface area contributed by atoms with Crippen molar-refractivity contribution in [3.63, 3.8) is 0 Å². The Morgan fingerprint density at radius 2 is 1.61 bits per heavy atom. The third kappa shape index (κ3) is 4.58. The fraction of sp³-hybridized carbons (Fsp3) is 0.409. The predicted octanol–water partition coefficient (Wildman–Crippen LogP) is 4.08. The number of sulfonamides is 1. The average molecular weight is 501 g/mol. The summed E-state index contributed by atoms with van der Waals surface area (Å²) in [6.45, 7) is 0.964. The van der Waals surface area contributed by atoms with Gasteiger partial charge in [0.1, 0.15) is 5.75 Å². The molecule has 4 rings (SSSR count). The van der Waals surface area contributed by atoms with Crippen LogP contribution in [0.2, 0.25) is 0 Å². The second-order valence-electron chi connectivity index (χ2n) is 7.91. The van der Waals surface area contributed by atoms with E-state index in [0.29, 0.717) is 30.9 Å². The van der Waals surface area contributed by atoms with Gasteiger partial charge in [0, 0.05) is 31.0 Å². The Balaban J connectivity index is 1.48. The van der Waals surface area contributed by atoms with Crippen molar-refractivity contribution in [1.82, 2.24) is 9.21 Å². The maximum absolute atomic E-state index is 13.1. The summed E-state index contributed by atoms with van der Waals surface area (Å²) in [5.74, 6) is 0.920. The largest absolute Gasteiger partial charge is 0.497 e. The number of methoxy groups -OCH3 is 1. The fourth-order valence-electron chi connectivity index (χ4n) is 4.24. The zero-order valence-corrected chi connectivity index (χ0v) is 19.5. The van der Waals surface area contributed by atoms with Crippen LogP contribution < -0.4 is 4.74 Å². The van der Waals surface area contributed by atoms with Gasteiger partial charge < -0.3 is 9.64 Å². The molecule has 2 aromatic rings. The molecule has 2 aliphatic rings. The molecule has 2 aromatic carbocycles. The number of carbonyl (C=O) groups excluding carboxylic acids is 1. The highest BCUT2D eigenvalue weighted by atomic mass is 32.2. The first-order valence-electron chi connectivity index (χ1n) is 10.3. The molecule has 0 bridgehead atoms. The quantitative estimate of drug-likeness (QED) is 0.633. The number of alkyl halides is 3. The minimum absolute atomic E-state index is 0.177. The van der Waals surface area contributed by atoms with Gasteiger partial charge in [0.05, 0.1) is 22.4 Å². The van der Waals surface area contributed by atoms with Crippen LogP contribution in [0.5, 0.6) is 5.75 Å². The van der Waals surface area contributed by atoms with E-state index in [-0.39, 0.29) is 29.5 Å². The number of halogens is 3. The average Bonchev–Trinajstić information content (AvgIpc) is 3.21. The highest BCUT2D eigenvalue weighted by Gasteiger charge is 2.48. The van der Waals surface area contributed by atoms with Gasteiger partial charge in [-0.3, -0.25) is 4.79 Å². The third-order valence-corrected chi connectivity index (χ3v) is 9.55. The summed E-state index contributed by atoms with van der Waals surface area (Å²) in [5.41, 5.74) is -0.611. The van der Waals surface area contributed by atoms with Gasteiger partial charge in [-0.2, -0.15) is 17.5 Å². The SMILES string of the molecule is COc1ccc(S(=O)(=O)N2CCC3(CC2)SCCN3C(=O)c2ccc(C(F)(F)F)cc2)cc1. The zero-order valence-electron chi connectivity index (χ0n) is 17.8.